The van der Waals surface area contributed by atoms with E-state index in [1.807, 2.05) is 13.8 Å². The van der Waals surface area contributed by atoms with E-state index in [1.165, 1.54) is 30.2 Å². The molecule has 39 heavy (non-hydrogen) atoms. The summed E-state index contributed by atoms with van der Waals surface area (Å²) in [5.74, 6) is -0.544. The molecule has 0 spiro atoms. The SMILES string of the molecule is COc1cccc(N(CC(=O)N(Cc2ccc(Cl)c(Cl)c2)[C@@H](C)C(=O)NC(C)C)S(=O)(=O)c2ccccc2)c1. The Morgan fingerprint density at radius 2 is 1.62 bits per heavy atom. The number of halogens is 2. The minimum atomic E-state index is -4.17. The number of rotatable bonds is 11. The van der Waals surface area contributed by atoms with E-state index >= 15 is 0 Å². The zero-order valence-electron chi connectivity index (χ0n) is 22.1. The molecular formula is C28H31Cl2N3O5S. The van der Waals surface area contributed by atoms with Crippen LogP contribution in [0, 0.1) is 0 Å². The van der Waals surface area contributed by atoms with Gasteiger partial charge in [-0.15, -0.1) is 0 Å². The highest BCUT2D eigenvalue weighted by Crippen LogP contribution is 2.28. The first-order valence-corrected chi connectivity index (χ1v) is 14.4. The van der Waals surface area contributed by atoms with E-state index in [1.54, 1.807) is 61.5 Å². The molecule has 0 aromatic heterocycles. The number of hydrogen-bond acceptors (Lipinski definition) is 5. The number of methoxy groups -OCH3 is 1. The number of sulfonamides is 1. The molecule has 3 aromatic rings. The maximum atomic E-state index is 13.9. The van der Waals surface area contributed by atoms with E-state index in [0.29, 0.717) is 21.4 Å². The number of carbonyl (C=O) groups excluding carboxylic acids is 2. The molecule has 0 aliphatic heterocycles. The quantitative estimate of drug-likeness (QED) is 0.333. The Balaban J connectivity index is 2.05. The van der Waals surface area contributed by atoms with Crippen molar-refractivity contribution in [3.63, 3.8) is 0 Å². The average molecular weight is 593 g/mol. The van der Waals surface area contributed by atoms with Crippen LogP contribution in [0.25, 0.3) is 0 Å². The summed E-state index contributed by atoms with van der Waals surface area (Å²) in [6.45, 7) is 4.65. The topological polar surface area (TPSA) is 96.0 Å². The molecule has 0 heterocycles. The summed E-state index contributed by atoms with van der Waals surface area (Å²) in [5, 5.41) is 3.46. The van der Waals surface area contributed by atoms with E-state index in [9.17, 15) is 18.0 Å². The van der Waals surface area contributed by atoms with Crippen molar-refractivity contribution in [2.45, 2.75) is 44.3 Å². The zero-order chi connectivity index (χ0) is 28.7. The highest BCUT2D eigenvalue weighted by molar-refractivity contribution is 7.92. The van der Waals surface area contributed by atoms with Crippen molar-refractivity contribution in [3.05, 3.63) is 88.4 Å². The number of benzene rings is 3. The summed E-state index contributed by atoms with van der Waals surface area (Å²) in [4.78, 5) is 28.2. The third-order valence-electron chi connectivity index (χ3n) is 5.89. The van der Waals surface area contributed by atoms with Gasteiger partial charge in [-0.05, 0) is 62.7 Å². The third-order valence-corrected chi connectivity index (χ3v) is 8.41. The molecule has 3 aromatic carbocycles. The van der Waals surface area contributed by atoms with Crippen molar-refractivity contribution < 1.29 is 22.7 Å². The predicted molar refractivity (Wildman–Crippen MR) is 154 cm³/mol. The van der Waals surface area contributed by atoms with Gasteiger partial charge in [0, 0.05) is 18.7 Å². The first-order valence-electron chi connectivity index (χ1n) is 12.2. The number of carbonyl (C=O) groups is 2. The Hall–Kier alpha value is -3.27. The van der Waals surface area contributed by atoms with Gasteiger partial charge >= 0.3 is 0 Å². The Kier molecular flexibility index (Phi) is 10.2. The summed E-state index contributed by atoms with van der Waals surface area (Å²) < 4.78 is 33.9. The van der Waals surface area contributed by atoms with Crippen molar-refractivity contribution in [2.75, 3.05) is 18.0 Å². The van der Waals surface area contributed by atoms with Crippen LogP contribution in [-0.4, -0.2) is 50.9 Å². The number of amides is 2. The lowest BCUT2D eigenvalue weighted by atomic mass is 10.1. The largest absolute Gasteiger partial charge is 0.497 e. The van der Waals surface area contributed by atoms with Crippen LogP contribution < -0.4 is 14.4 Å². The van der Waals surface area contributed by atoms with Crippen LogP contribution in [0.1, 0.15) is 26.3 Å². The van der Waals surface area contributed by atoms with E-state index in [2.05, 4.69) is 5.32 Å². The highest BCUT2D eigenvalue weighted by Gasteiger charge is 2.32. The molecule has 11 heteroatoms. The number of nitrogens with one attached hydrogen (secondary N) is 1. The van der Waals surface area contributed by atoms with Crippen LogP contribution in [0.3, 0.4) is 0 Å². The molecule has 0 bridgehead atoms. The van der Waals surface area contributed by atoms with Gasteiger partial charge < -0.3 is 15.0 Å². The molecule has 1 N–H and O–H groups in total. The first kappa shape index (κ1) is 30.3. The normalized spacial score (nSPS) is 12.1. The summed E-state index contributed by atoms with van der Waals surface area (Å²) in [7, 11) is -2.70. The van der Waals surface area contributed by atoms with Gasteiger partial charge in [-0.2, -0.15) is 0 Å². The minimum absolute atomic E-state index is 0.000258. The van der Waals surface area contributed by atoms with Crippen LogP contribution in [0.2, 0.25) is 10.0 Å². The fourth-order valence-electron chi connectivity index (χ4n) is 3.84. The van der Waals surface area contributed by atoms with Gasteiger partial charge in [-0.1, -0.05) is 53.5 Å². The Morgan fingerprint density at radius 3 is 2.23 bits per heavy atom. The molecule has 1 atom stereocenters. The molecule has 0 saturated carbocycles. The molecule has 0 aliphatic rings. The predicted octanol–water partition coefficient (Wildman–Crippen LogP) is 5.14. The van der Waals surface area contributed by atoms with E-state index in [0.717, 1.165) is 4.31 Å². The summed E-state index contributed by atoms with van der Waals surface area (Å²) >= 11 is 12.3. The molecule has 0 unspecified atom stereocenters. The summed E-state index contributed by atoms with van der Waals surface area (Å²) in [5.41, 5.74) is 0.862. The van der Waals surface area contributed by atoms with Crippen LogP contribution in [0.4, 0.5) is 5.69 Å². The Bertz CT molecular complexity index is 1420. The molecular weight excluding hydrogens is 561 g/mol. The van der Waals surface area contributed by atoms with Gasteiger partial charge in [0.15, 0.2) is 0 Å². The van der Waals surface area contributed by atoms with E-state index < -0.39 is 28.5 Å². The van der Waals surface area contributed by atoms with Crippen molar-refractivity contribution in [1.29, 1.82) is 0 Å². The fraction of sp³-hybridized carbons (Fsp3) is 0.286. The number of ether oxygens (including phenoxy) is 1. The molecule has 8 nitrogen and oxygen atoms in total. The second-order valence-electron chi connectivity index (χ2n) is 9.14. The van der Waals surface area contributed by atoms with Gasteiger partial charge in [0.05, 0.1) is 27.7 Å². The maximum absolute atomic E-state index is 13.9. The Labute approximate surface area is 239 Å². The van der Waals surface area contributed by atoms with Crippen LogP contribution in [-0.2, 0) is 26.2 Å². The van der Waals surface area contributed by atoms with Crippen molar-refractivity contribution in [1.82, 2.24) is 10.2 Å². The average Bonchev–Trinajstić information content (AvgIpc) is 2.91. The lowest BCUT2D eigenvalue weighted by Gasteiger charge is -2.32. The molecule has 0 radical (unpaired) electrons. The lowest BCUT2D eigenvalue weighted by Crippen LogP contribution is -2.52. The van der Waals surface area contributed by atoms with Crippen LogP contribution >= 0.6 is 23.2 Å². The highest BCUT2D eigenvalue weighted by atomic mass is 35.5. The van der Waals surface area contributed by atoms with E-state index in [-0.39, 0.29) is 29.1 Å². The number of hydrogen-bond donors (Lipinski definition) is 1. The monoisotopic (exact) mass is 591 g/mol. The van der Waals surface area contributed by atoms with Crippen molar-refractivity contribution in [2.24, 2.45) is 0 Å². The maximum Gasteiger partial charge on any atom is 0.264 e. The first-order chi connectivity index (χ1) is 18.4. The Morgan fingerprint density at radius 1 is 0.923 bits per heavy atom. The second-order valence-corrected chi connectivity index (χ2v) is 11.8. The van der Waals surface area contributed by atoms with Gasteiger partial charge in [0.1, 0.15) is 18.3 Å². The van der Waals surface area contributed by atoms with E-state index in [4.69, 9.17) is 27.9 Å². The number of anilines is 1. The fourth-order valence-corrected chi connectivity index (χ4v) is 5.58. The molecule has 0 aliphatic carbocycles. The zero-order valence-corrected chi connectivity index (χ0v) is 24.4. The number of nitrogens with zero attached hydrogens (tertiary/aromatic N) is 2. The molecule has 208 valence electrons. The summed E-state index contributed by atoms with van der Waals surface area (Å²) in [6.07, 6.45) is 0. The minimum Gasteiger partial charge on any atom is -0.497 e. The second kappa shape index (κ2) is 13.2. The lowest BCUT2D eigenvalue weighted by molar-refractivity contribution is -0.139. The van der Waals surface area contributed by atoms with Gasteiger partial charge in [0.25, 0.3) is 10.0 Å². The smallest absolute Gasteiger partial charge is 0.264 e. The molecule has 2 amide bonds. The van der Waals surface area contributed by atoms with Crippen LogP contribution in [0.15, 0.2) is 77.7 Å². The molecule has 3 rings (SSSR count). The van der Waals surface area contributed by atoms with Gasteiger partial charge in [-0.25, -0.2) is 8.42 Å². The van der Waals surface area contributed by atoms with Crippen LogP contribution in [0.5, 0.6) is 5.75 Å². The summed E-state index contributed by atoms with van der Waals surface area (Å²) in [6, 6.07) is 18.1. The van der Waals surface area contributed by atoms with Gasteiger partial charge in [-0.3, -0.25) is 13.9 Å². The standard InChI is InChI=1S/C28H31Cl2N3O5S/c1-19(2)31-28(35)20(3)32(17-21-13-14-25(29)26(30)15-21)27(34)18-33(22-9-8-10-23(16-22)38-4)39(36,37)24-11-6-5-7-12-24/h5-16,19-20H,17-18H2,1-4H3,(H,31,35)/t20-/m0/s1. The third kappa shape index (κ3) is 7.65. The molecule has 0 saturated heterocycles. The van der Waals surface area contributed by atoms with Crippen molar-refractivity contribution >= 4 is 50.7 Å². The van der Waals surface area contributed by atoms with Crippen molar-refractivity contribution in [3.8, 4) is 5.75 Å². The molecule has 0 fully saturated rings. The van der Waals surface area contributed by atoms with Gasteiger partial charge in [0.2, 0.25) is 11.8 Å².